The van der Waals surface area contributed by atoms with Gasteiger partial charge in [-0.25, -0.2) is 4.79 Å². The van der Waals surface area contributed by atoms with Crippen LogP contribution in [0.15, 0.2) is 12.1 Å². The molecule has 0 saturated carbocycles. The number of hydrogen-bond donors (Lipinski definition) is 1. The maximum atomic E-state index is 12.2. The Labute approximate surface area is 158 Å². The predicted molar refractivity (Wildman–Crippen MR) is 98.8 cm³/mol. The molecule has 140 valence electrons. The number of carbonyl (C=O) groups excluding carboxylic acids is 1. The molecule has 1 heterocycles. The maximum Gasteiger partial charge on any atom is 0.410 e. The molecule has 0 bridgehead atoms. The van der Waals surface area contributed by atoms with Gasteiger partial charge in [-0.05, 0) is 39.7 Å². The summed E-state index contributed by atoms with van der Waals surface area (Å²) in [5.74, 6) is 0.592. The molecule has 1 N–H and O–H groups in total. The molecule has 0 spiro atoms. The van der Waals surface area contributed by atoms with Gasteiger partial charge in [0, 0.05) is 30.1 Å². The number of amides is 1. The molecule has 0 aliphatic carbocycles. The van der Waals surface area contributed by atoms with E-state index in [0.29, 0.717) is 41.7 Å². The standard InChI is InChI=1S/C18H25Cl2NO4/c1-17(2,3)25-16(23)21-7-5-18(11-22,6-8-21)12-9-13(19)14(20)10-15(12)24-4/h9-10,22H,5-8,11H2,1-4H3. The minimum Gasteiger partial charge on any atom is -0.496 e. The quantitative estimate of drug-likeness (QED) is 0.838. The Balaban J connectivity index is 2.22. The molecular weight excluding hydrogens is 365 g/mol. The summed E-state index contributed by atoms with van der Waals surface area (Å²) in [7, 11) is 1.56. The summed E-state index contributed by atoms with van der Waals surface area (Å²) in [6.45, 7) is 6.43. The number of benzene rings is 1. The summed E-state index contributed by atoms with van der Waals surface area (Å²) < 4.78 is 10.9. The number of rotatable bonds is 3. The number of aliphatic hydroxyl groups is 1. The van der Waals surface area contributed by atoms with Gasteiger partial charge in [-0.1, -0.05) is 23.2 Å². The van der Waals surface area contributed by atoms with Crippen molar-refractivity contribution in [3.63, 3.8) is 0 Å². The number of hydrogen-bond acceptors (Lipinski definition) is 4. The zero-order chi connectivity index (χ0) is 18.8. The topological polar surface area (TPSA) is 59.0 Å². The van der Waals surface area contributed by atoms with E-state index >= 15 is 0 Å². The number of likely N-dealkylation sites (tertiary alicyclic amines) is 1. The first-order chi connectivity index (χ1) is 11.6. The van der Waals surface area contributed by atoms with Crippen molar-refractivity contribution in [3.8, 4) is 5.75 Å². The van der Waals surface area contributed by atoms with Crippen LogP contribution < -0.4 is 4.74 Å². The molecule has 7 heteroatoms. The smallest absolute Gasteiger partial charge is 0.410 e. The Morgan fingerprint density at radius 3 is 2.28 bits per heavy atom. The molecule has 25 heavy (non-hydrogen) atoms. The van der Waals surface area contributed by atoms with E-state index in [1.807, 2.05) is 20.8 Å². The minimum atomic E-state index is -0.532. The van der Waals surface area contributed by atoms with Gasteiger partial charge in [-0.3, -0.25) is 0 Å². The Morgan fingerprint density at radius 2 is 1.80 bits per heavy atom. The van der Waals surface area contributed by atoms with E-state index < -0.39 is 11.0 Å². The molecule has 1 aromatic rings. The molecule has 5 nitrogen and oxygen atoms in total. The SMILES string of the molecule is COc1cc(Cl)c(Cl)cc1C1(CO)CCN(C(=O)OC(C)(C)C)CC1. The first-order valence-corrected chi connectivity index (χ1v) is 9.00. The van der Waals surface area contributed by atoms with Crippen LogP contribution in [0.1, 0.15) is 39.2 Å². The normalized spacial score (nSPS) is 17.3. The first-order valence-electron chi connectivity index (χ1n) is 8.24. The first kappa shape index (κ1) is 20.1. The van der Waals surface area contributed by atoms with E-state index in [0.717, 1.165) is 5.56 Å². The molecule has 1 aromatic carbocycles. The lowest BCUT2D eigenvalue weighted by Crippen LogP contribution is -2.48. The van der Waals surface area contributed by atoms with Gasteiger partial charge in [0.15, 0.2) is 0 Å². The van der Waals surface area contributed by atoms with E-state index in [1.165, 1.54) is 0 Å². The largest absolute Gasteiger partial charge is 0.496 e. The van der Waals surface area contributed by atoms with Crippen LogP contribution in [0.2, 0.25) is 10.0 Å². The highest BCUT2D eigenvalue weighted by Crippen LogP contribution is 2.43. The number of methoxy groups -OCH3 is 1. The van der Waals surface area contributed by atoms with Gasteiger partial charge in [-0.15, -0.1) is 0 Å². The number of aliphatic hydroxyl groups excluding tert-OH is 1. The molecule has 1 aliphatic heterocycles. The molecule has 0 radical (unpaired) electrons. The Morgan fingerprint density at radius 1 is 1.24 bits per heavy atom. The molecule has 1 aliphatic rings. The number of carbonyl (C=O) groups is 1. The van der Waals surface area contributed by atoms with E-state index in [-0.39, 0.29) is 12.7 Å². The van der Waals surface area contributed by atoms with Gasteiger partial charge in [0.05, 0.1) is 23.8 Å². The van der Waals surface area contributed by atoms with Crippen LogP contribution in [0.4, 0.5) is 4.79 Å². The average molecular weight is 390 g/mol. The molecule has 0 aromatic heterocycles. The summed E-state index contributed by atoms with van der Waals surface area (Å²) in [4.78, 5) is 13.9. The summed E-state index contributed by atoms with van der Waals surface area (Å²) in [5.41, 5.74) is -0.246. The van der Waals surface area contributed by atoms with E-state index in [2.05, 4.69) is 0 Å². The fraction of sp³-hybridized carbons (Fsp3) is 0.611. The fourth-order valence-corrected chi connectivity index (χ4v) is 3.39. The molecule has 0 unspecified atom stereocenters. The van der Waals surface area contributed by atoms with Crippen molar-refractivity contribution in [3.05, 3.63) is 27.7 Å². The highest BCUT2D eigenvalue weighted by Gasteiger charge is 2.40. The monoisotopic (exact) mass is 389 g/mol. The second-order valence-electron chi connectivity index (χ2n) is 7.37. The van der Waals surface area contributed by atoms with Gasteiger partial charge in [0.25, 0.3) is 0 Å². The third-order valence-corrected chi connectivity index (χ3v) is 5.21. The molecule has 0 atom stereocenters. The predicted octanol–water partition coefficient (Wildman–Crippen LogP) is 4.26. The van der Waals surface area contributed by atoms with Crippen LogP contribution in [0.3, 0.4) is 0 Å². The van der Waals surface area contributed by atoms with Gasteiger partial charge in [-0.2, -0.15) is 0 Å². The van der Waals surface area contributed by atoms with Crippen LogP contribution in [0, 0.1) is 0 Å². The van der Waals surface area contributed by atoms with Crippen molar-refractivity contribution in [2.24, 2.45) is 0 Å². The third-order valence-electron chi connectivity index (χ3n) is 4.49. The average Bonchev–Trinajstić information content (AvgIpc) is 2.55. The molecule has 2 rings (SSSR count). The van der Waals surface area contributed by atoms with Gasteiger partial charge in [0.1, 0.15) is 11.4 Å². The molecular formula is C18H25Cl2NO4. The number of nitrogens with zero attached hydrogens (tertiary/aromatic N) is 1. The van der Waals surface area contributed by atoms with Crippen LogP contribution in [-0.2, 0) is 10.2 Å². The Hall–Kier alpha value is -1.17. The summed E-state index contributed by atoms with van der Waals surface area (Å²) >= 11 is 12.3. The number of ether oxygens (including phenoxy) is 2. The third kappa shape index (κ3) is 4.52. The van der Waals surface area contributed by atoms with E-state index in [9.17, 15) is 9.90 Å². The molecule has 1 saturated heterocycles. The van der Waals surface area contributed by atoms with E-state index in [1.54, 1.807) is 24.1 Å². The van der Waals surface area contributed by atoms with Crippen LogP contribution >= 0.6 is 23.2 Å². The van der Waals surface area contributed by atoms with Crippen molar-refractivity contribution >= 4 is 29.3 Å². The van der Waals surface area contributed by atoms with Crippen molar-refractivity contribution in [2.75, 3.05) is 26.8 Å². The van der Waals surface area contributed by atoms with Crippen molar-refractivity contribution in [2.45, 2.75) is 44.6 Å². The molecule has 1 fully saturated rings. The van der Waals surface area contributed by atoms with Gasteiger partial charge in [0.2, 0.25) is 0 Å². The zero-order valence-corrected chi connectivity index (χ0v) is 16.6. The van der Waals surface area contributed by atoms with Crippen LogP contribution in [0.25, 0.3) is 0 Å². The highest BCUT2D eigenvalue weighted by atomic mass is 35.5. The Kier molecular flexibility index (Phi) is 6.13. The minimum absolute atomic E-state index is 0.0660. The summed E-state index contributed by atoms with van der Waals surface area (Å²) in [6, 6.07) is 3.42. The van der Waals surface area contributed by atoms with Gasteiger partial charge < -0.3 is 19.5 Å². The summed E-state index contributed by atoms with van der Waals surface area (Å²) in [6.07, 6.45) is 0.828. The van der Waals surface area contributed by atoms with Crippen molar-refractivity contribution in [1.29, 1.82) is 0 Å². The lowest BCUT2D eigenvalue weighted by atomic mass is 9.73. The van der Waals surface area contributed by atoms with Crippen LogP contribution in [-0.4, -0.2) is 48.5 Å². The lowest BCUT2D eigenvalue weighted by Gasteiger charge is -2.41. The van der Waals surface area contributed by atoms with Crippen LogP contribution in [0.5, 0.6) is 5.75 Å². The van der Waals surface area contributed by atoms with E-state index in [4.69, 9.17) is 32.7 Å². The second-order valence-corrected chi connectivity index (χ2v) is 8.19. The number of halogens is 2. The fourth-order valence-electron chi connectivity index (χ4n) is 3.07. The lowest BCUT2D eigenvalue weighted by molar-refractivity contribution is 0.0121. The van der Waals surface area contributed by atoms with Gasteiger partial charge >= 0.3 is 6.09 Å². The molecule has 1 amide bonds. The van der Waals surface area contributed by atoms with Crippen molar-refractivity contribution < 1.29 is 19.4 Å². The highest BCUT2D eigenvalue weighted by molar-refractivity contribution is 6.42. The Bertz CT molecular complexity index is 635. The van der Waals surface area contributed by atoms with Crippen molar-refractivity contribution in [1.82, 2.24) is 4.90 Å². The second kappa shape index (κ2) is 7.60. The summed E-state index contributed by atoms with van der Waals surface area (Å²) in [5, 5.41) is 10.9. The maximum absolute atomic E-state index is 12.2. The zero-order valence-electron chi connectivity index (χ0n) is 15.1. The number of piperidine rings is 1.